The van der Waals surface area contributed by atoms with Gasteiger partial charge in [-0.15, -0.1) is 0 Å². The highest BCUT2D eigenvalue weighted by Crippen LogP contribution is 2.42. The number of fused-ring (bicyclic) bond motifs is 1. The number of hydrogen-bond acceptors (Lipinski definition) is 6. The van der Waals surface area contributed by atoms with E-state index in [0.29, 0.717) is 22.2 Å². The van der Waals surface area contributed by atoms with E-state index in [4.69, 9.17) is 8.94 Å². The fourth-order valence-electron chi connectivity index (χ4n) is 5.17. The Morgan fingerprint density at radius 1 is 1.25 bits per heavy atom. The molecule has 3 amide bonds. The van der Waals surface area contributed by atoms with E-state index >= 15 is 0 Å². The minimum Gasteiger partial charge on any atom is -0.438 e. The third kappa shape index (κ3) is 5.75. The second kappa shape index (κ2) is 10.4. The molecule has 3 aromatic rings. The number of rotatable bonds is 7. The Balaban J connectivity index is 1.39. The normalized spacial score (nSPS) is 20.8. The summed E-state index contributed by atoms with van der Waals surface area (Å²) in [5.74, 6) is -3.67. The highest BCUT2D eigenvalue weighted by molar-refractivity contribution is 5.94. The maximum Gasteiger partial charge on any atom is 0.410 e. The predicted molar refractivity (Wildman–Crippen MR) is 130 cm³/mol. The van der Waals surface area contributed by atoms with Crippen molar-refractivity contribution in [3.05, 3.63) is 47.2 Å². The molecule has 216 valence electrons. The third-order valence-electron chi connectivity index (χ3n) is 7.44. The number of halogens is 5. The molecule has 40 heavy (non-hydrogen) atoms. The van der Waals surface area contributed by atoms with E-state index in [-0.39, 0.29) is 49.7 Å². The molecule has 1 saturated heterocycles. The molecule has 0 spiro atoms. The fraction of sp³-hybridized carbons (Fsp3) is 0.538. The number of alkyl halides is 5. The van der Waals surface area contributed by atoms with E-state index in [2.05, 4.69) is 15.5 Å². The van der Waals surface area contributed by atoms with Crippen LogP contribution in [-0.4, -0.2) is 51.7 Å². The van der Waals surface area contributed by atoms with Crippen LogP contribution in [0.15, 0.2) is 33.4 Å². The van der Waals surface area contributed by atoms with Gasteiger partial charge in [-0.25, -0.2) is 18.6 Å². The van der Waals surface area contributed by atoms with Crippen LogP contribution in [0.5, 0.6) is 0 Å². The van der Waals surface area contributed by atoms with Crippen molar-refractivity contribution in [2.75, 3.05) is 6.54 Å². The second-order valence-electron chi connectivity index (χ2n) is 10.7. The van der Waals surface area contributed by atoms with Crippen molar-refractivity contribution in [2.24, 2.45) is 5.92 Å². The zero-order valence-electron chi connectivity index (χ0n) is 21.7. The quantitative estimate of drug-likeness (QED) is 0.354. The maximum absolute atomic E-state index is 13.9. The van der Waals surface area contributed by atoms with Gasteiger partial charge in [0, 0.05) is 24.9 Å². The van der Waals surface area contributed by atoms with E-state index in [1.54, 1.807) is 18.2 Å². The zero-order valence-corrected chi connectivity index (χ0v) is 21.7. The van der Waals surface area contributed by atoms with Crippen LogP contribution in [0.2, 0.25) is 0 Å². The lowest BCUT2D eigenvalue weighted by atomic mass is 9.82. The Labute approximate surface area is 225 Å². The molecule has 5 rings (SSSR count). The van der Waals surface area contributed by atoms with Crippen molar-refractivity contribution in [2.45, 2.75) is 76.2 Å². The first-order valence-electron chi connectivity index (χ1n) is 13.0. The highest BCUT2D eigenvalue weighted by Gasteiger charge is 2.47. The molecular weight excluding hydrogens is 541 g/mol. The van der Waals surface area contributed by atoms with Gasteiger partial charge in [-0.05, 0) is 42.4 Å². The molecule has 3 heterocycles. The van der Waals surface area contributed by atoms with Crippen LogP contribution in [0.3, 0.4) is 0 Å². The number of benzene rings is 1. The summed E-state index contributed by atoms with van der Waals surface area (Å²) in [4.78, 5) is 30.8. The number of nitrogens with zero attached hydrogens (tertiary/aromatic N) is 3. The number of hydrogen-bond donors (Lipinski definition) is 2. The van der Waals surface area contributed by atoms with Crippen molar-refractivity contribution >= 4 is 23.0 Å². The third-order valence-corrected chi connectivity index (χ3v) is 7.44. The lowest BCUT2D eigenvalue weighted by Crippen LogP contribution is -2.40. The largest absolute Gasteiger partial charge is 0.438 e. The first kappa shape index (κ1) is 27.8. The first-order valence-corrected chi connectivity index (χ1v) is 13.0. The topological polar surface area (TPSA) is 114 Å². The monoisotopic (exact) mass is 569 g/mol. The van der Waals surface area contributed by atoms with E-state index in [9.17, 15) is 31.5 Å². The molecule has 0 bridgehead atoms. The molecule has 9 nitrogen and oxygen atoms in total. The van der Waals surface area contributed by atoms with Gasteiger partial charge in [0.1, 0.15) is 23.9 Å². The Morgan fingerprint density at radius 2 is 1.98 bits per heavy atom. The Morgan fingerprint density at radius 3 is 2.62 bits per heavy atom. The molecule has 1 aromatic carbocycles. The molecule has 14 heteroatoms. The summed E-state index contributed by atoms with van der Waals surface area (Å²) in [6.07, 6.45) is -3.60. The second-order valence-corrected chi connectivity index (χ2v) is 10.7. The van der Waals surface area contributed by atoms with E-state index < -0.39 is 48.6 Å². The summed E-state index contributed by atoms with van der Waals surface area (Å²) >= 11 is 0. The van der Waals surface area contributed by atoms with Gasteiger partial charge in [-0.3, -0.25) is 4.79 Å². The summed E-state index contributed by atoms with van der Waals surface area (Å²) in [6, 6.07) is 1.14. The van der Waals surface area contributed by atoms with Crippen molar-refractivity contribution in [3.63, 3.8) is 0 Å². The first-order chi connectivity index (χ1) is 18.8. The number of carbonyl (C=O) groups is 2. The van der Waals surface area contributed by atoms with Gasteiger partial charge in [0.15, 0.2) is 11.3 Å². The zero-order chi connectivity index (χ0) is 28.8. The van der Waals surface area contributed by atoms with E-state index in [1.807, 2.05) is 19.2 Å². The molecule has 1 saturated carbocycles. The molecule has 1 aliphatic carbocycles. The molecular formula is C26H28F5N5O4. The number of nitrogens with one attached hydrogen (secondary N) is 2. The molecule has 2 atom stereocenters. The van der Waals surface area contributed by atoms with Crippen molar-refractivity contribution in [3.8, 4) is 0 Å². The van der Waals surface area contributed by atoms with Crippen LogP contribution in [0, 0.1) is 5.92 Å². The SMILES string of the molecule is CC(C)c1conc1C(=O)NC(c1nc2cc(CN3CC(C(F)(F)F)NC3=O)ccc2o1)C1CCC(F)(F)CC1. The van der Waals surface area contributed by atoms with Crippen LogP contribution in [0.1, 0.15) is 79.0 Å². The Hall–Kier alpha value is -3.71. The van der Waals surface area contributed by atoms with Crippen molar-refractivity contribution in [1.82, 2.24) is 25.7 Å². The smallest absolute Gasteiger partial charge is 0.410 e. The van der Waals surface area contributed by atoms with Crippen LogP contribution in [0.25, 0.3) is 11.1 Å². The summed E-state index contributed by atoms with van der Waals surface area (Å²) < 4.78 is 77.9. The average molecular weight is 570 g/mol. The highest BCUT2D eigenvalue weighted by atomic mass is 19.4. The van der Waals surface area contributed by atoms with Gasteiger partial charge in [-0.1, -0.05) is 25.1 Å². The number of oxazole rings is 1. The number of carbonyl (C=O) groups excluding carboxylic acids is 2. The molecule has 2 fully saturated rings. The minimum atomic E-state index is -4.56. The minimum absolute atomic E-state index is 0.0503. The molecule has 0 radical (unpaired) electrons. The lowest BCUT2D eigenvalue weighted by Gasteiger charge is -2.32. The van der Waals surface area contributed by atoms with Crippen molar-refractivity contribution in [1.29, 1.82) is 0 Å². The summed E-state index contributed by atoms with van der Waals surface area (Å²) in [5, 5.41) is 8.60. The van der Waals surface area contributed by atoms with Gasteiger partial charge in [0.25, 0.3) is 5.91 Å². The van der Waals surface area contributed by atoms with Crippen LogP contribution >= 0.6 is 0 Å². The summed E-state index contributed by atoms with van der Waals surface area (Å²) in [6.45, 7) is 3.14. The fourth-order valence-corrected chi connectivity index (χ4v) is 5.17. The summed E-state index contributed by atoms with van der Waals surface area (Å²) in [5.41, 5.74) is 1.88. The molecule has 2 aliphatic rings. The van der Waals surface area contributed by atoms with Crippen LogP contribution in [0.4, 0.5) is 26.7 Å². The van der Waals surface area contributed by atoms with Crippen LogP contribution < -0.4 is 10.6 Å². The molecule has 1 aliphatic heterocycles. The molecule has 2 unspecified atom stereocenters. The molecule has 2 aromatic heterocycles. The van der Waals surface area contributed by atoms with E-state index in [1.165, 1.54) is 6.26 Å². The Bertz CT molecular complexity index is 1390. The molecule has 2 N–H and O–H groups in total. The van der Waals surface area contributed by atoms with Crippen molar-refractivity contribution < 1.29 is 40.5 Å². The van der Waals surface area contributed by atoms with Gasteiger partial charge >= 0.3 is 12.2 Å². The van der Waals surface area contributed by atoms with Gasteiger partial charge in [0.2, 0.25) is 11.8 Å². The predicted octanol–water partition coefficient (Wildman–Crippen LogP) is 5.69. The van der Waals surface area contributed by atoms with Crippen LogP contribution in [-0.2, 0) is 6.54 Å². The van der Waals surface area contributed by atoms with E-state index in [0.717, 1.165) is 4.90 Å². The van der Waals surface area contributed by atoms with Gasteiger partial charge in [0.05, 0.1) is 6.54 Å². The lowest BCUT2D eigenvalue weighted by molar-refractivity contribution is -0.149. The standard InChI is InChI=1S/C26H28F5N5O4/c1-13(2)16-12-39-35-21(16)22(37)34-20(15-5-7-25(27,28)8-6-15)23-32-17-9-14(3-4-18(17)40-23)10-36-11-19(26(29,30)31)33-24(36)38/h3-4,9,12-13,15,19-20H,5-8,10-11H2,1-2H3,(H,33,38)(H,34,37). The average Bonchev–Trinajstić information content (AvgIpc) is 3.61. The van der Waals surface area contributed by atoms with Gasteiger partial charge in [-0.2, -0.15) is 13.2 Å². The number of urea groups is 1. The summed E-state index contributed by atoms with van der Waals surface area (Å²) in [7, 11) is 0. The number of amides is 3. The maximum atomic E-state index is 13.9. The Kier molecular flexibility index (Phi) is 7.21. The van der Waals surface area contributed by atoms with Gasteiger partial charge < -0.3 is 24.5 Å². The number of aromatic nitrogens is 2.